The number of hydrogen-bond donors (Lipinski definition) is 0. The second-order valence-corrected chi connectivity index (χ2v) is 2.73. The lowest BCUT2D eigenvalue weighted by atomic mass is 10.3. The largest absolute Gasteiger partial charge is 0.380 e. The Bertz CT molecular complexity index is 215. The van der Waals surface area contributed by atoms with Crippen molar-refractivity contribution in [3.8, 4) is 0 Å². The quantitative estimate of drug-likeness (QED) is 0.587. The van der Waals surface area contributed by atoms with Gasteiger partial charge in [0.2, 0.25) is 0 Å². The van der Waals surface area contributed by atoms with E-state index in [4.69, 9.17) is 4.74 Å². The SMILES string of the molecule is COCc1cncc(P)c1. The molecule has 1 aromatic rings. The first-order chi connectivity index (χ1) is 4.83. The molecule has 0 saturated heterocycles. The third-order valence-electron chi connectivity index (χ3n) is 1.13. The van der Waals surface area contributed by atoms with E-state index in [1.807, 2.05) is 6.07 Å². The highest BCUT2D eigenvalue weighted by Crippen LogP contribution is 1.97. The molecule has 10 heavy (non-hydrogen) atoms. The molecule has 0 fully saturated rings. The standard InChI is InChI=1S/C7H10NOP/c1-9-5-6-2-7(10)4-8-3-6/h2-4H,5,10H2,1H3. The first-order valence-corrected chi connectivity index (χ1v) is 3.59. The molecule has 1 aromatic heterocycles. The van der Waals surface area contributed by atoms with Crippen LogP contribution in [0.3, 0.4) is 0 Å². The summed E-state index contributed by atoms with van der Waals surface area (Å²) < 4.78 is 4.93. The van der Waals surface area contributed by atoms with E-state index < -0.39 is 0 Å². The Morgan fingerprint density at radius 3 is 3.00 bits per heavy atom. The van der Waals surface area contributed by atoms with Crippen molar-refractivity contribution >= 4 is 14.5 Å². The highest BCUT2D eigenvalue weighted by molar-refractivity contribution is 7.27. The Hall–Kier alpha value is -0.460. The van der Waals surface area contributed by atoms with Crippen molar-refractivity contribution in [1.29, 1.82) is 0 Å². The molecule has 0 aromatic carbocycles. The van der Waals surface area contributed by atoms with Gasteiger partial charge in [-0.3, -0.25) is 4.98 Å². The highest BCUT2D eigenvalue weighted by atomic mass is 31.0. The highest BCUT2D eigenvalue weighted by Gasteiger charge is 1.90. The van der Waals surface area contributed by atoms with Crippen LogP contribution >= 0.6 is 9.24 Å². The van der Waals surface area contributed by atoms with Gasteiger partial charge in [-0.15, -0.1) is 9.24 Å². The average molecular weight is 155 g/mol. The van der Waals surface area contributed by atoms with E-state index in [0.717, 1.165) is 10.9 Å². The number of rotatable bonds is 2. The number of aromatic nitrogens is 1. The van der Waals surface area contributed by atoms with E-state index in [-0.39, 0.29) is 0 Å². The molecule has 0 spiro atoms. The number of methoxy groups -OCH3 is 1. The molecule has 2 nitrogen and oxygen atoms in total. The van der Waals surface area contributed by atoms with Crippen molar-refractivity contribution in [2.24, 2.45) is 0 Å². The van der Waals surface area contributed by atoms with Crippen LogP contribution in [-0.4, -0.2) is 12.1 Å². The zero-order valence-corrected chi connectivity index (χ0v) is 7.03. The third kappa shape index (κ3) is 2.05. The molecule has 1 atom stereocenters. The minimum Gasteiger partial charge on any atom is -0.380 e. The fraction of sp³-hybridized carbons (Fsp3) is 0.286. The van der Waals surface area contributed by atoms with Crippen LogP contribution < -0.4 is 5.30 Å². The Morgan fingerprint density at radius 2 is 2.40 bits per heavy atom. The maximum absolute atomic E-state index is 4.93. The molecule has 3 heteroatoms. The second kappa shape index (κ2) is 3.65. The second-order valence-electron chi connectivity index (χ2n) is 2.06. The predicted octanol–water partition coefficient (Wildman–Crippen LogP) is 0.728. The van der Waals surface area contributed by atoms with Crippen LogP contribution in [0.2, 0.25) is 0 Å². The lowest BCUT2D eigenvalue weighted by Crippen LogP contribution is -1.96. The third-order valence-corrected chi connectivity index (χ3v) is 1.44. The summed E-state index contributed by atoms with van der Waals surface area (Å²) in [6, 6.07) is 2.03. The predicted molar refractivity (Wildman–Crippen MR) is 44.3 cm³/mol. The summed E-state index contributed by atoms with van der Waals surface area (Å²) in [6.07, 6.45) is 3.60. The fourth-order valence-electron chi connectivity index (χ4n) is 0.753. The van der Waals surface area contributed by atoms with E-state index >= 15 is 0 Å². The zero-order valence-electron chi connectivity index (χ0n) is 5.87. The van der Waals surface area contributed by atoms with Crippen LogP contribution in [0.25, 0.3) is 0 Å². The molecule has 0 saturated carbocycles. The van der Waals surface area contributed by atoms with Gasteiger partial charge in [0.05, 0.1) is 6.61 Å². The van der Waals surface area contributed by atoms with E-state index in [2.05, 4.69) is 14.2 Å². The number of hydrogen-bond acceptors (Lipinski definition) is 2. The molecule has 1 unspecified atom stereocenters. The van der Waals surface area contributed by atoms with Crippen molar-refractivity contribution in [2.45, 2.75) is 6.61 Å². The lowest BCUT2D eigenvalue weighted by molar-refractivity contribution is 0.184. The molecule has 0 aliphatic heterocycles. The Balaban J connectivity index is 2.75. The molecule has 0 radical (unpaired) electrons. The van der Waals surface area contributed by atoms with Crippen molar-refractivity contribution < 1.29 is 4.74 Å². The Labute approximate surface area is 62.8 Å². The van der Waals surface area contributed by atoms with Crippen LogP contribution in [0.5, 0.6) is 0 Å². The summed E-state index contributed by atoms with van der Waals surface area (Å²) in [5.41, 5.74) is 1.11. The minimum absolute atomic E-state index is 0.634. The lowest BCUT2D eigenvalue weighted by Gasteiger charge is -1.98. The topological polar surface area (TPSA) is 22.1 Å². The first kappa shape index (κ1) is 7.64. The van der Waals surface area contributed by atoms with Crippen LogP contribution in [0.4, 0.5) is 0 Å². The van der Waals surface area contributed by atoms with Gasteiger partial charge in [-0.1, -0.05) is 0 Å². The molecule has 0 bridgehead atoms. The summed E-state index contributed by atoms with van der Waals surface area (Å²) >= 11 is 0. The average Bonchev–Trinajstić information content (AvgIpc) is 1.88. The number of pyridine rings is 1. The smallest absolute Gasteiger partial charge is 0.0728 e. The van der Waals surface area contributed by atoms with Gasteiger partial charge in [0.1, 0.15) is 0 Å². The maximum Gasteiger partial charge on any atom is 0.0728 e. The summed E-state index contributed by atoms with van der Waals surface area (Å²) in [7, 11) is 4.27. The molecular weight excluding hydrogens is 145 g/mol. The molecule has 0 N–H and O–H groups in total. The van der Waals surface area contributed by atoms with Gasteiger partial charge in [-0.25, -0.2) is 0 Å². The van der Waals surface area contributed by atoms with Gasteiger partial charge in [-0.2, -0.15) is 0 Å². The van der Waals surface area contributed by atoms with Crippen LogP contribution in [0.15, 0.2) is 18.5 Å². The van der Waals surface area contributed by atoms with Gasteiger partial charge < -0.3 is 4.74 Å². The monoisotopic (exact) mass is 155 g/mol. The maximum atomic E-state index is 4.93. The zero-order chi connectivity index (χ0) is 7.40. The van der Waals surface area contributed by atoms with E-state index in [9.17, 15) is 0 Å². The number of nitrogens with zero attached hydrogens (tertiary/aromatic N) is 1. The minimum atomic E-state index is 0.634. The summed E-state index contributed by atoms with van der Waals surface area (Å²) in [5.74, 6) is 0. The summed E-state index contributed by atoms with van der Waals surface area (Å²) in [6.45, 7) is 0.634. The number of ether oxygens (including phenoxy) is 1. The van der Waals surface area contributed by atoms with E-state index in [1.165, 1.54) is 0 Å². The summed E-state index contributed by atoms with van der Waals surface area (Å²) in [5, 5.41) is 1.09. The van der Waals surface area contributed by atoms with Crippen molar-refractivity contribution in [2.75, 3.05) is 7.11 Å². The summed E-state index contributed by atoms with van der Waals surface area (Å²) in [4.78, 5) is 4.00. The van der Waals surface area contributed by atoms with Gasteiger partial charge in [0.15, 0.2) is 0 Å². The fourth-order valence-corrected chi connectivity index (χ4v) is 1.05. The van der Waals surface area contributed by atoms with Crippen LogP contribution in [-0.2, 0) is 11.3 Å². The van der Waals surface area contributed by atoms with Crippen molar-refractivity contribution in [3.05, 3.63) is 24.0 Å². The van der Waals surface area contributed by atoms with Crippen molar-refractivity contribution in [1.82, 2.24) is 4.98 Å². The molecular formula is C7H10NOP. The van der Waals surface area contributed by atoms with Crippen molar-refractivity contribution in [3.63, 3.8) is 0 Å². The molecule has 1 rings (SSSR count). The Morgan fingerprint density at radius 1 is 1.60 bits per heavy atom. The van der Waals surface area contributed by atoms with Gasteiger partial charge in [0.25, 0.3) is 0 Å². The molecule has 0 aliphatic carbocycles. The van der Waals surface area contributed by atoms with Gasteiger partial charge >= 0.3 is 0 Å². The normalized spacial score (nSPS) is 9.80. The molecule has 1 heterocycles. The first-order valence-electron chi connectivity index (χ1n) is 3.01. The van der Waals surface area contributed by atoms with E-state index in [0.29, 0.717) is 6.61 Å². The Kier molecular flexibility index (Phi) is 2.79. The van der Waals surface area contributed by atoms with Gasteiger partial charge in [0, 0.05) is 19.5 Å². The van der Waals surface area contributed by atoms with Crippen LogP contribution in [0.1, 0.15) is 5.56 Å². The van der Waals surface area contributed by atoms with Crippen LogP contribution in [0, 0.1) is 0 Å². The van der Waals surface area contributed by atoms with Gasteiger partial charge in [-0.05, 0) is 16.9 Å². The molecule has 0 aliphatic rings. The van der Waals surface area contributed by atoms with E-state index in [1.54, 1.807) is 19.5 Å². The molecule has 54 valence electrons. The molecule has 0 amide bonds.